The summed E-state index contributed by atoms with van der Waals surface area (Å²) in [5, 5.41) is 3.54. The molecule has 0 aliphatic carbocycles. The van der Waals surface area contributed by atoms with Gasteiger partial charge in [-0.25, -0.2) is 0 Å². The number of methoxy groups -OCH3 is 2. The van der Waals surface area contributed by atoms with Crippen LogP contribution in [0.25, 0.3) is 0 Å². The maximum absolute atomic E-state index is 12.9. The summed E-state index contributed by atoms with van der Waals surface area (Å²) in [6.45, 7) is 2.15. The summed E-state index contributed by atoms with van der Waals surface area (Å²) in [4.78, 5) is 12.9. The number of carbonyl (C=O) groups excluding carboxylic acids is 1. The summed E-state index contributed by atoms with van der Waals surface area (Å²) >= 11 is 6.19. The van der Waals surface area contributed by atoms with Crippen LogP contribution in [-0.2, 0) is 6.61 Å². The third kappa shape index (κ3) is 4.81. The SMILES string of the molecule is COc1cc(C)c(NC(=O)c2ccccc2OCc2ccccc2Cl)cc1OC. The lowest BCUT2D eigenvalue weighted by Gasteiger charge is -2.15. The zero-order valence-corrected chi connectivity index (χ0v) is 17.2. The minimum absolute atomic E-state index is 0.263. The molecule has 0 aromatic heterocycles. The number of halogens is 1. The first kappa shape index (κ1) is 20.6. The van der Waals surface area contributed by atoms with E-state index < -0.39 is 0 Å². The molecule has 0 atom stereocenters. The maximum atomic E-state index is 12.9. The van der Waals surface area contributed by atoms with Gasteiger partial charge in [0, 0.05) is 22.3 Å². The second-order valence-corrected chi connectivity index (χ2v) is 6.76. The molecule has 29 heavy (non-hydrogen) atoms. The number of rotatable bonds is 7. The van der Waals surface area contributed by atoms with Crippen LogP contribution in [0.1, 0.15) is 21.5 Å². The highest BCUT2D eigenvalue weighted by Crippen LogP contribution is 2.33. The number of hydrogen-bond donors (Lipinski definition) is 1. The molecule has 0 fully saturated rings. The van der Waals surface area contributed by atoms with Crippen LogP contribution in [0.2, 0.25) is 5.02 Å². The van der Waals surface area contributed by atoms with Gasteiger partial charge in [-0.15, -0.1) is 0 Å². The van der Waals surface area contributed by atoms with Crippen LogP contribution >= 0.6 is 11.6 Å². The summed E-state index contributed by atoms with van der Waals surface area (Å²) in [5.74, 6) is 1.33. The molecule has 0 bridgehead atoms. The Morgan fingerprint density at radius 2 is 1.59 bits per heavy atom. The Hall–Kier alpha value is -3.18. The predicted octanol–water partition coefficient (Wildman–Crippen LogP) is 5.50. The normalized spacial score (nSPS) is 10.3. The quantitative estimate of drug-likeness (QED) is 0.558. The molecule has 1 N–H and O–H groups in total. The molecule has 0 saturated heterocycles. The number of carbonyl (C=O) groups is 1. The number of aryl methyl sites for hydroxylation is 1. The zero-order chi connectivity index (χ0) is 20.8. The van der Waals surface area contributed by atoms with E-state index in [1.807, 2.05) is 37.3 Å². The number of anilines is 1. The Morgan fingerprint density at radius 3 is 2.31 bits per heavy atom. The van der Waals surface area contributed by atoms with Crippen LogP contribution in [0.4, 0.5) is 5.69 Å². The molecule has 3 rings (SSSR count). The molecule has 0 saturated carbocycles. The van der Waals surface area contributed by atoms with Crippen LogP contribution in [0.5, 0.6) is 17.2 Å². The molecule has 150 valence electrons. The molecule has 0 aliphatic heterocycles. The lowest BCUT2D eigenvalue weighted by molar-refractivity contribution is 0.102. The van der Waals surface area contributed by atoms with Gasteiger partial charge in [0.15, 0.2) is 11.5 Å². The van der Waals surface area contributed by atoms with Gasteiger partial charge in [0.2, 0.25) is 0 Å². The van der Waals surface area contributed by atoms with Gasteiger partial charge in [-0.1, -0.05) is 41.9 Å². The molecule has 3 aromatic rings. The van der Waals surface area contributed by atoms with Crippen LogP contribution in [0.3, 0.4) is 0 Å². The average Bonchev–Trinajstić information content (AvgIpc) is 2.74. The van der Waals surface area contributed by atoms with Gasteiger partial charge in [0.1, 0.15) is 12.4 Å². The van der Waals surface area contributed by atoms with Crippen molar-refractivity contribution in [2.75, 3.05) is 19.5 Å². The van der Waals surface area contributed by atoms with Crippen molar-refractivity contribution >= 4 is 23.2 Å². The second kappa shape index (κ2) is 9.34. The van der Waals surface area contributed by atoms with Crippen molar-refractivity contribution in [3.63, 3.8) is 0 Å². The van der Waals surface area contributed by atoms with Crippen LogP contribution in [0.15, 0.2) is 60.7 Å². The van der Waals surface area contributed by atoms with Crippen molar-refractivity contribution in [3.8, 4) is 17.2 Å². The number of para-hydroxylation sites is 1. The van der Waals surface area contributed by atoms with Gasteiger partial charge in [-0.3, -0.25) is 4.79 Å². The van der Waals surface area contributed by atoms with E-state index in [-0.39, 0.29) is 12.5 Å². The average molecular weight is 412 g/mol. The van der Waals surface area contributed by atoms with Crippen molar-refractivity contribution < 1.29 is 19.0 Å². The van der Waals surface area contributed by atoms with E-state index in [9.17, 15) is 4.79 Å². The third-order valence-electron chi connectivity index (χ3n) is 4.45. The van der Waals surface area contributed by atoms with Gasteiger partial charge in [0.05, 0.1) is 19.8 Å². The van der Waals surface area contributed by atoms with E-state index in [1.54, 1.807) is 44.6 Å². The molecule has 0 heterocycles. The summed E-state index contributed by atoms with van der Waals surface area (Å²) in [6, 6.07) is 18.1. The van der Waals surface area contributed by atoms with Crippen LogP contribution in [0, 0.1) is 6.92 Å². The van der Waals surface area contributed by atoms with Gasteiger partial charge in [0.25, 0.3) is 5.91 Å². The lowest BCUT2D eigenvalue weighted by atomic mass is 10.1. The van der Waals surface area contributed by atoms with Crippen molar-refractivity contribution in [3.05, 3.63) is 82.4 Å². The Labute approximate surface area is 175 Å². The van der Waals surface area contributed by atoms with Crippen molar-refractivity contribution in [1.82, 2.24) is 0 Å². The van der Waals surface area contributed by atoms with Crippen molar-refractivity contribution in [2.24, 2.45) is 0 Å². The fraction of sp³-hybridized carbons (Fsp3) is 0.174. The van der Waals surface area contributed by atoms with Gasteiger partial charge >= 0.3 is 0 Å². The predicted molar refractivity (Wildman–Crippen MR) is 114 cm³/mol. The van der Waals surface area contributed by atoms with Gasteiger partial charge in [-0.2, -0.15) is 0 Å². The maximum Gasteiger partial charge on any atom is 0.259 e. The number of ether oxygens (including phenoxy) is 3. The first-order chi connectivity index (χ1) is 14.0. The molecule has 0 aliphatic rings. The van der Waals surface area contributed by atoms with Gasteiger partial charge < -0.3 is 19.5 Å². The standard InChI is InChI=1S/C23H22ClNO4/c1-15-12-21(27-2)22(28-3)13-19(15)25-23(26)17-9-5-7-11-20(17)29-14-16-8-4-6-10-18(16)24/h4-13H,14H2,1-3H3,(H,25,26). The number of benzene rings is 3. The molecule has 1 amide bonds. The van der Waals surface area contributed by atoms with E-state index in [1.165, 1.54) is 0 Å². The Kier molecular flexibility index (Phi) is 6.62. The highest BCUT2D eigenvalue weighted by Gasteiger charge is 2.16. The van der Waals surface area contributed by atoms with E-state index in [4.69, 9.17) is 25.8 Å². The highest BCUT2D eigenvalue weighted by atomic mass is 35.5. The van der Waals surface area contributed by atoms with Crippen molar-refractivity contribution in [1.29, 1.82) is 0 Å². The molecule has 0 unspecified atom stereocenters. The third-order valence-corrected chi connectivity index (χ3v) is 4.82. The minimum atomic E-state index is -0.282. The van der Waals surface area contributed by atoms with E-state index in [0.717, 1.165) is 11.1 Å². The molecular formula is C23H22ClNO4. The molecule has 6 heteroatoms. The smallest absolute Gasteiger partial charge is 0.259 e. The van der Waals surface area contributed by atoms with Crippen LogP contribution in [-0.4, -0.2) is 20.1 Å². The zero-order valence-electron chi connectivity index (χ0n) is 16.5. The largest absolute Gasteiger partial charge is 0.493 e. The summed E-state index contributed by atoms with van der Waals surface area (Å²) < 4.78 is 16.5. The fourth-order valence-corrected chi connectivity index (χ4v) is 3.05. The molecule has 5 nitrogen and oxygen atoms in total. The van der Waals surface area contributed by atoms with E-state index in [2.05, 4.69) is 5.32 Å². The summed E-state index contributed by atoms with van der Waals surface area (Å²) in [7, 11) is 3.12. The lowest BCUT2D eigenvalue weighted by Crippen LogP contribution is -2.14. The van der Waals surface area contributed by atoms with Crippen molar-refractivity contribution in [2.45, 2.75) is 13.5 Å². The number of amides is 1. The molecular weight excluding hydrogens is 390 g/mol. The van der Waals surface area contributed by atoms with E-state index in [0.29, 0.717) is 33.5 Å². The minimum Gasteiger partial charge on any atom is -0.493 e. The Bertz CT molecular complexity index is 1020. The monoisotopic (exact) mass is 411 g/mol. The topological polar surface area (TPSA) is 56.8 Å². The van der Waals surface area contributed by atoms with E-state index >= 15 is 0 Å². The Morgan fingerprint density at radius 1 is 0.931 bits per heavy atom. The Balaban J connectivity index is 1.81. The fourth-order valence-electron chi connectivity index (χ4n) is 2.86. The summed E-state index contributed by atoms with van der Waals surface area (Å²) in [5.41, 5.74) is 2.76. The number of nitrogens with one attached hydrogen (secondary N) is 1. The number of hydrogen-bond acceptors (Lipinski definition) is 4. The second-order valence-electron chi connectivity index (χ2n) is 6.35. The van der Waals surface area contributed by atoms with Crippen LogP contribution < -0.4 is 19.5 Å². The highest BCUT2D eigenvalue weighted by molar-refractivity contribution is 6.31. The molecule has 0 spiro atoms. The molecule has 0 radical (unpaired) electrons. The first-order valence-electron chi connectivity index (χ1n) is 9.02. The first-order valence-corrected chi connectivity index (χ1v) is 9.40. The van der Waals surface area contributed by atoms with Gasteiger partial charge in [-0.05, 0) is 36.8 Å². The molecule has 3 aromatic carbocycles. The summed E-state index contributed by atoms with van der Waals surface area (Å²) in [6.07, 6.45) is 0.